The number of allylic oxidation sites excluding steroid dienone is 1. The summed E-state index contributed by atoms with van der Waals surface area (Å²) in [6.45, 7) is 0. The van der Waals surface area contributed by atoms with E-state index in [0.717, 1.165) is 5.41 Å². The fraction of sp³-hybridized carbons (Fsp3) is 0.429. The van der Waals surface area contributed by atoms with E-state index in [4.69, 9.17) is 5.73 Å². The normalized spacial score (nSPS) is 23.3. The zero-order valence-corrected chi connectivity index (χ0v) is 8.08. The van der Waals surface area contributed by atoms with Crippen molar-refractivity contribution >= 4 is 21.8 Å². The number of carbonyl (C=O) groups is 2. The number of hydrogen-bond donors (Lipinski definition) is 2. The van der Waals surface area contributed by atoms with Crippen molar-refractivity contribution in [1.29, 1.82) is 0 Å². The number of imide groups is 1. The van der Waals surface area contributed by atoms with E-state index in [2.05, 4.69) is 0 Å². The first kappa shape index (κ1) is 10.7. The highest BCUT2D eigenvalue weighted by Crippen LogP contribution is 2.17. The van der Waals surface area contributed by atoms with Gasteiger partial charge in [0.25, 0.3) is 0 Å². The number of rotatable bonds is 2. The average molecular weight is 218 g/mol. The van der Waals surface area contributed by atoms with Gasteiger partial charge >= 0.3 is 6.03 Å². The summed E-state index contributed by atoms with van der Waals surface area (Å²) >= 11 is 0. The molecule has 1 unspecified atom stereocenters. The van der Waals surface area contributed by atoms with Crippen molar-refractivity contribution < 1.29 is 18.0 Å². The lowest BCUT2D eigenvalue weighted by atomic mass is 10.1. The maximum atomic E-state index is 11.0. The monoisotopic (exact) mass is 218 g/mol. The summed E-state index contributed by atoms with van der Waals surface area (Å²) in [6.07, 6.45) is 1.40. The lowest BCUT2D eigenvalue weighted by molar-refractivity contribution is -0.120. The summed E-state index contributed by atoms with van der Waals surface area (Å²) in [6, 6.07) is -0.931. The van der Waals surface area contributed by atoms with Crippen LogP contribution < -0.4 is 11.1 Å². The van der Waals surface area contributed by atoms with Crippen molar-refractivity contribution in [3.05, 3.63) is 11.5 Å². The van der Waals surface area contributed by atoms with Crippen LogP contribution in [0.15, 0.2) is 11.5 Å². The molecule has 1 aliphatic rings. The Labute approximate surface area is 81.1 Å². The van der Waals surface area contributed by atoms with Crippen molar-refractivity contribution in [2.45, 2.75) is 6.42 Å². The van der Waals surface area contributed by atoms with Gasteiger partial charge in [0.05, 0.1) is 5.75 Å². The minimum Gasteiger partial charge on any atom is -0.351 e. The molecule has 1 atom stereocenters. The first-order valence-electron chi connectivity index (χ1n) is 3.89. The van der Waals surface area contributed by atoms with Gasteiger partial charge in [-0.25, -0.2) is 13.2 Å². The van der Waals surface area contributed by atoms with Gasteiger partial charge < -0.3 is 5.73 Å². The number of primary amides is 1. The molecule has 0 spiro atoms. The van der Waals surface area contributed by atoms with Gasteiger partial charge in [-0.05, 0) is 0 Å². The van der Waals surface area contributed by atoms with Crippen molar-refractivity contribution in [3.63, 3.8) is 0 Å². The van der Waals surface area contributed by atoms with Gasteiger partial charge in [0.15, 0.2) is 9.84 Å². The van der Waals surface area contributed by atoms with Gasteiger partial charge in [0.2, 0.25) is 5.91 Å². The first-order valence-corrected chi connectivity index (χ1v) is 5.61. The molecule has 0 aromatic carbocycles. The summed E-state index contributed by atoms with van der Waals surface area (Å²) in [7, 11) is -3.15. The van der Waals surface area contributed by atoms with Gasteiger partial charge in [0.1, 0.15) is 0 Å². The Morgan fingerprint density at radius 1 is 1.50 bits per heavy atom. The second-order valence-corrected chi connectivity index (χ2v) is 4.97. The van der Waals surface area contributed by atoms with Crippen LogP contribution in [0.3, 0.4) is 0 Å². The smallest absolute Gasteiger partial charge is 0.318 e. The molecule has 3 amide bonds. The molecular formula is C7H10N2O4S. The van der Waals surface area contributed by atoms with E-state index in [1.54, 1.807) is 0 Å². The fourth-order valence-corrected chi connectivity index (χ4v) is 2.59. The van der Waals surface area contributed by atoms with Gasteiger partial charge in [-0.1, -0.05) is 6.08 Å². The van der Waals surface area contributed by atoms with Crippen LogP contribution in [0.4, 0.5) is 4.79 Å². The van der Waals surface area contributed by atoms with Crippen LogP contribution in [0.25, 0.3) is 0 Å². The summed E-state index contributed by atoms with van der Waals surface area (Å²) in [5.41, 5.74) is 4.71. The maximum absolute atomic E-state index is 11.0. The van der Waals surface area contributed by atoms with Crippen LogP contribution in [0.5, 0.6) is 0 Å². The number of urea groups is 1. The molecule has 7 heteroatoms. The van der Waals surface area contributed by atoms with Crippen molar-refractivity contribution in [1.82, 2.24) is 5.32 Å². The molecule has 14 heavy (non-hydrogen) atoms. The Hall–Kier alpha value is -1.37. The first-order chi connectivity index (χ1) is 6.39. The lowest BCUT2D eigenvalue weighted by Crippen LogP contribution is -2.36. The summed E-state index contributed by atoms with van der Waals surface area (Å²) in [5.74, 6) is -1.01. The number of hydrogen-bond acceptors (Lipinski definition) is 4. The number of nitrogens with one attached hydrogen (secondary N) is 1. The summed E-state index contributed by atoms with van der Waals surface area (Å²) < 4.78 is 21.9. The van der Waals surface area contributed by atoms with Gasteiger partial charge in [-0.3, -0.25) is 10.1 Å². The second-order valence-electron chi connectivity index (χ2n) is 3.03. The number of nitrogens with two attached hydrogens (primary N) is 1. The Morgan fingerprint density at radius 2 is 2.14 bits per heavy atom. The number of amides is 3. The maximum Gasteiger partial charge on any atom is 0.318 e. The molecule has 6 nitrogen and oxygen atoms in total. The average Bonchev–Trinajstić information content (AvgIpc) is 2.27. The quantitative estimate of drug-likeness (QED) is 0.628. The SMILES string of the molecule is NC(=O)NC(=O)CC1C=CS(=O)(=O)C1. The Kier molecular flexibility index (Phi) is 2.90. The van der Waals surface area contributed by atoms with E-state index in [-0.39, 0.29) is 18.1 Å². The highest BCUT2D eigenvalue weighted by atomic mass is 32.2. The van der Waals surface area contributed by atoms with Crippen LogP contribution in [-0.4, -0.2) is 26.1 Å². The van der Waals surface area contributed by atoms with Gasteiger partial charge in [0, 0.05) is 17.7 Å². The van der Waals surface area contributed by atoms with Gasteiger partial charge in [-0.2, -0.15) is 0 Å². The van der Waals surface area contributed by atoms with E-state index < -0.39 is 21.8 Å². The molecule has 1 aliphatic heterocycles. The van der Waals surface area contributed by atoms with Crippen LogP contribution in [-0.2, 0) is 14.6 Å². The van der Waals surface area contributed by atoms with E-state index in [0.29, 0.717) is 0 Å². The fourth-order valence-electron chi connectivity index (χ4n) is 1.19. The molecule has 0 bridgehead atoms. The van der Waals surface area contributed by atoms with E-state index >= 15 is 0 Å². The highest BCUT2D eigenvalue weighted by Gasteiger charge is 2.23. The minimum atomic E-state index is -3.15. The molecule has 0 aromatic rings. The second kappa shape index (κ2) is 3.79. The third-order valence-corrected chi connectivity index (χ3v) is 3.18. The zero-order chi connectivity index (χ0) is 10.8. The van der Waals surface area contributed by atoms with Crippen molar-refractivity contribution in [3.8, 4) is 0 Å². The molecule has 1 heterocycles. The zero-order valence-electron chi connectivity index (χ0n) is 7.26. The van der Waals surface area contributed by atoms with E-state index in [1.165, 1.54) is 6.08 Å². The van der Waals surface area contributed by atoms with E-state index in [9.17, 15) is 18.0 Å². The van der Waals surface area contributed by atoms with Crippen LogP contribution >= 0.6 is 0 Å². The van der Waals surface area contributed by atoms with Crippen molar-refractivity contribution in [2.75, 3.05) is 5.75 Å². The third kappa shape index (κ3) is 3.17. The van der Waals surface area contributed by atoms with Crippen molar-refractivity contribution in [2.24, 2.45) is 11.7 Å². The Bertz CT molecular complexity index is 384. The number of carbonyl (C=O) groups excluding carboxylic acids is 2. The van der Waals surface area contributed by atoms with Crippen LogP contribution in [0.1, 0.15) is 6.42 Å². The molecule has 0 radical (unpaired) electrons. The topological polar surface area (TPSA) is 106 Å². The Morgan fingerprint density at radius 3 is 2.57 bits per heavy atom. The standard InChI is InChI=1S/C7H10N2O4S/c8-7(11)9-6(10)3-5-1-2-14(12,13)4-5/h1-2,5H,3-4H2,(H3,8,9,10,11). The predicted molar refractivity (Wildman–Crippen MR) is 48.8 cm³/mol. The Balaban J connectivity index is 2.45. The largest absolute Gasteiger partial charge is 0.351 e. The molecule has 3 N–H and O–H groups in total. The van der Waals surface area contributed by atoms with Crippen LogP contribution in [0, 0.1) is 5.92 Å². The molecule has 0 aliphatic carbocycles. The van der Waals surface area contributed by atoms with E-state index in [1.807, 2.05) is 5.32 Å². The molecule has 0 saturated heterocycles. The molecule has 1 rings (SSSR count). The highest BCUT2D eigenvalue weighted by molar-refractivity contribution is 7.94. The van der Waals surface area contributed by atoms with Crippen LogP contribution in [0.2, 0.25) is 0 Å². The molecule has 0 aromatic heterocycles. The predicted octanol–water partition coefficient (Wildman–Crippen LogP) is -0.870. The molecule has 78 valence electrons. The van der Waals surface area contributed by atoms with Gasteiger partial charge in [-0.15, -0.1) is 0 Å². The minimum absolute atomic E-state index is 0.0430. The summed E-state index contributed by atoms with van der Waals surface area (Å²) in [5, 5.41) is 2.95. The number of sulfone groups is 1. The molecule has 0 fully saturated rings. The third-order valence-electron chi connectivity index (χ3n) is 1.71. The summed E-state index contributed by atoms with van der Waals surface area (Å²) in [4.78, 5) is 21.2. The lowest BCUT2D eigenvalue weighted by Gasteiger charge is -2.04. The molecular weight excluding hydrogens is 208 g/mol. The molecule has 0 saturated carbocycles.